The van der Waals surface area contributed by atoms with Gasteiger partial charge in [-0.2, -0.15) is 0 Å². The summed E-state index contributed by atoms with van der Waals surface area (Å²) in [4.78, 5) is 26.0. The second-order valence-electron chi connectivity index (χ2n) is 23.9. The molecule has 4 atom stereocenters. The van der Waals surface area contributed by atoms with Crippen LogP contribution in [0.4, 0.5) is 0 Å². The second kappa shape index (κ2) is 29.1. The molecule has 4 unspecified atom stereocenters. The Kier molecular flexibility index (Phi) is 24.2. The second-order valence-corrected chi connectivity index (χ2v) is 23.9. The van der Waals surface area contributed by atoms with Crippen molar-refractivity contribution >= 4 is 11.9 Å². The average molecular weight is 1100 g/mol. The molecule has 80 heavy (non-hydrogen) atoms. The van der Waals surface area contributed by atoms with Crippen LogP contribution in [0.2, 0.25) is 0 Å². The zero-order valence-corrected chi connectivity index (χ0v) is 50.8. The third kappa shape index (κ3) is 16.1. The van der Waals surface area contributed by atoms with Crippen LogP contribution in [0.5, 0.6) is 0 Å². The minimum absolute atomic E-state index is 0.0913. The molecular formula is C70H94O10. The van der Waals surface area contributed by atoms with E-state index in [1.807, 2.05) is 24.3 Å². The number of carboxylic acid groups (broad SMARTS) is 1. The number of benzene rings is 6. The van der Waals surface area contributed by atoms with E-state index in [-0.39, 0.29) is 33.9 Å². The predicted molar refractivity (Wildman–Crippen MR) is 325 cm³/mol. The van der Waals surface area contributed by atoms with Crippen LogP contribution < -0.4 is 0 Å². The Bertz CT molecular complexity index is 2930. The lowest BCUT2D eigenvalue weighted by Gasteiger charge is -2.34. The number of esters is 1. The number of carboxylic acids is 1. The largest absolute Gasteiger partial charge is 0.479 e. The molecule has 6 rings (SSSR count). The third-order valence-electron chi connectivity index (χ3n) is 16.9. The van der Waals surface area contributed by atoms with Gasteiger partial charge in [-0.3, -0.25) is 5.26 Å². The Balaban J connectivity index is 0.000000328. The molecule has 0 saturated heterocycles. The molecule has 0 aromatic heterocycles. The Morgan fingerprint density at radius 1 is 0.463 bits per heavy atom. The monoisotopic (exact) mass is 1090 g/mol. The summed E-state index contributed by atoms with van der Waals surface area (Å²) in [7, 11) is 2.45. The first kappa shape index (κ1) is 66.5. The first-order valence-electron chi connectivity index (χ1n) is 28.5. The topological polar surface area (TPSA) is 174 Å². The molecule has 6 aromatic carbocycles. The molecule has 10 heteroatoms. The third-order valence-corrected chi connectivity index (χ3v) is 16.9. The fourth-order valence-electron chi connectivity index (χ4n) is 11.1. The zero-order valence-electron chi connectivity index (χ0n) is 50.8. The molecule has 6 N–H and O–H groups in total. The fraction of sp³-hybridized carbons (Fsp3) is 0.457. The van der Waals surface area contributed by atoms with Crippen molar-refractivity contribution in [1.82, 2.24) is 0 Å². The number of carbonyl (C=O) groups is 2. The standard InChI is InChI=1S/C35H46O4.C34H44O4.CH4O2/c1-9-35(10-2,28-17-15-25(23(3)21-28)16-20-31(36)34(5,6)7)29-18-19-30(24(4)22-29)26-11-13-27(14-12-26)32(37)33(38)39-8;1-8-34(9-2,27-16-14-24(22(3)20-27)15-19-30(35)33(5,6)7)28-17-18-29(23(4)21-28)25-10-12-26(13-11-25)31(36)32(37)38;1-3-2/h11-15,17-19,21-22,31-32,36-37H,9-10,16,20H2,1-8H3;10-14,16-18,20-21,30-31,35-36H,8-9,15,19H2,1-7H3,(H,37,38);2H,1H3. The summed E-state index contributed by atoms with van der Waals surface area (Å²) in [5, 5.41) is 57.1. The lowest BCUT2D eigenvalue weighted by Crippen LogP contribution is -2.27. The van der Waals surface area contributed by atoms with Gasteiger partial charge in [-0.25, -0.2) is 14.5 Å². The van der Waals surface area contributed by atoms with Crippen molar-refractivity contribution in [3.63, 3.8) is 0 Å². The number of aryl methyl sites for hydroxylation is 6. The average Bonchev–Trinajstić information content (AvgIpc) is 3.60. The van der Waals surface area contributed by atoms with Gasteiger partial charge in [0.2, 0.25) is 0 Å². The van der Waals surface area contributed by atoms with E-state index in [9.17, 15) is 30.0 Å². The molecule has 6 aromatic rings. The first-order valence-corrected chi connectivity index (χ1v) is 28.5. The lowest BCUT2D eigenvalue weighted by atomic mass is 9.69. The van der Waals surface area contributed by atoms with Crippen LogP contribution in [0.25, 0.3) is 22.3 Å². The van der Waals surface area contributed by atoms with Gasteiger partial charge in [-0.05, 0) is 179 Å². The van der Waals surface area contributed by atoms with E-state index in [2.05, 4.69) is 179 Å². The van der Waals surface area contributed by atoms with Crippen molar-refractivity contribution in [3.05, 3.63) is 188 Å². The van der Waals surface area contributed by atoms with Gasteiger partial charge in [0.1, 0.15) is 0 Å². The summed E-state index contributed by atoms with van der Waals surface area (Å²) in [6.07, 6.45) is 3.76. The maximum absolute atomic E-state index is 11.7. The molecule has 0 aliphatic rings. The summed E-state index contributed by atoms with van der Waals surface area (Å²) in [6.45, 7) is 30.2. The van der Waals surface area contributed by atoms with Gasteiger partial charge in [0.05, 0.1) is 26.4 Å². The van der Waals surface area contributed by atoms with E-state index in [0.717, 1.165) is 79.2 Å². The molecule has 0 saturated carbocycles. The van der Waals surface area contributed by atoms with Gasteiger partial charge in [-0.15, -0.1) is 0 Å². The number of hydrogen-bond acceptors (Lipinski definition) is 9. The number of ether oxygens (including phenoxy) is 1. The summed E-state index contributed by atoms with van der Waals surface area (Å²) in [5.41, 5.74) is 17.5. The molecule has 0 bridgehead atoms. The normalized spacial score (nSPS) is 13.5. The molecular weight excluding hydrogens is 1000 g/mol. The van der Waals surface area contributed by atoms with E-state index < -0.39 is 24.1 Å². The van der Waals surface area contributed by atoms with E-state index in [1.165, 1.54) is 64.3 Å². The smallest absolute Gasteiger partial charge is 0.339 e. The molecule has 0 aliphatic carbocycles. The van der Waals surface area contributed by atoms with Gasteiger partial charge in [0.15, 0.2) is 12.2 Å². The summed E-state index contributed by atoms with van der Waals surface area (Å²) < 4.78 is 4.65. The van der Waals surface area contributed by atoms with Crippen LogP contribution in [0.15, 0.2) is 121 Å². The predicted octanol–water partition coefficient (Wildman–Crippen LogP) is 15.3. The highest BCUT2D eigenvalue weighted by molar-refractivity contribution is 5.77. The lowest BCUT2D eigenvalue weighted by molar-refractivity contribution is -0.214. The van der Waals surface area contributed by atoms with Crippen LogP contribution in [0.1, 0.15) is 187 Å². The number of aliphatic hydroxyl groups excluding tert-OH is 4. The molecule has 0 amide bonds. The van der Waals surface area contributed by atoms with Crippen LogP contribution in [-0.4, -0.2) is 69.2 Å². The van der Waals surface area contributed by atoms with E-state index >= 15 is 0 Å². The number of carbonyl (C=O) groups excluding carboxylic acids is 1. The Morgan fingerprint density at radius 3 is 1.02 bits per heavy atom. The van der Waals surface area contributed by atoms with Gasteiger partial charge < -0.3 is 30.3 Å². The summed E-state index contributed by atoms with van der Waals surface area (Å²) >= 11 is 0. The quantitative estimate of drug-likeness (QED) is 0.0245. The van der Waals surface area contributed by atoms with Gasteiger partial charge >= 0.3 is 11.9 Å². The highest BCUT2D eigenvalue weighted by Crippen LogP contribution is 2.43. The van der Waals surface area contributed by atoms with Crippen molar-refractivity contribution in [2.24, 2.45) is 10.8 Å². The van der Waals surface area contributed by atoms with Crippen LogP contribution in [-0.2, 0) is 42.9 Å². The number of methoxy groups -OCH3 is 1. The maximum atomic E-state index is 11.7. The van der Waals surface area contributed by atoms with Crippen LogP contribution in [0.3, 0.4) is 0 Å². The zero-order chi connectivity index (χ0) is 59.9. The summed E-state index contributed by atoms with van der Waals surface area (Å²) in [6, 6.07) is 41.7. The SMILES string of the molecule is CCC(CC)(c1ccc(CCC(O)C(C)(C)C)c(C)c1)c1ccc(-c2ccc(C(O)C(=O)O)cc2)c(C)c1.CCC(CC)(c1ccc(CCC(O)C(C)(C)C)c(C)c1)c1ccc(-c2ccc(C(O)C(=O)OC)cc2)c(C)c1.COO. The minimum atomic E-state index is -1.51. The Labute approximate surface area is 478 Å². The van der Waals surface area contributed by atoms with Crippen LogP contribution in [0, 0.1) is 38.5 Å². The molecule has 0 radical (unpaired) electrons. The molecule has 10 nitrogen and oxygen atoms in total. The number of hydrogen-bond donors (Lipinski definition) is 6. The van der Waals surface area contributed by atoms with Gasteiger partial charge in [0.25, 0.3) is 0 Å². The van der Waals surface area contributed by atoms with Crippen molar-refractivity contribution in [2.75, 3.05) is 14.2 Å². The van der Waals surface area contributed by atoms with E-state index in [0.29, 0.717) is 11.1 Å². The molecule has 0 aliphatic heterocycles. The van der Waals surface area contributed by atoms with Gasteiger partial charge in [-0.1, -0.05) is 191 Å². The summed E-state index contributed by atoms with van der Waals surface area (Å²) in [5.74, 6) is -1.91. The van der Waals surface area contributed by atoms with Crippen molar-refractivity contribution in [3.8, 4) is 22.3 Å². The number of aliphatic hydroxyl groups is 4. The minimum Gasteiger partial charge on any atom is -0.479 e. The molecule has 0 spiro atoms. The van der Waals surface area contributed by atoms with Gasteiger partial charge in [0, 0.05) is 10.8 Å². The Hall–Kier alpha value is -5.98. The molecule has 434 valence electrons. The maximum Gasteiger partial charge on any atom is 0.339 e. The number of rotatable bonds is 20. The Morgan fingerprint density at radius 2 is 0.762 bits per heavy atom. The van der Waals surface area contributed by atoms with E-state index in [1.54, 1.807) is 24.3 Å². The fourth-order valence-corrected chi connectivity index (χ4v) is 11.1. The highest BCUT2D eigenvalue weighted by atomic mass is 17.1. The molecule has 0 fully saturated rings. The highest BCUT2D eigenvalue weighted by Gasteiger charge is 2.34. The number of aliphatic carboxylic acids is 1. The van der Waals surface area contributed by atoms with Crippen molar-refractivity contribution in [2.45, 2.75) is 184 Å². The van der Waals surface area contributed by atoms with Crippen molar-refractivity contribution < 1.29 is 50.0 Å². The van der Waals surface area contributed by atoms with Crippen LogP contribution >= 0.6 is 0 Å². The first-order chi connectivity index (χ1) is 37.6. The van der Waals surface area contributed by atoms with E-state index in [4.69, 9.17) is 10.4 Å². The van der Waals surface area contributed by atoms with Crippen molar-refractivity contribution in [1.29, 1.82) is 0 Å². The molecule has 0 heterocycles.